The number of hydrogen-bond donors (Lipinski definition) is 1. The number of carbonyl (C=O) groups is 1. The number of carbonyl (C=O) groups excluding carboxylic acids is 1. The number of thiazole rings is 1. The Morgan fingerprint density at radius 3 is 2.92 bits per heavy atom. The van der Waals surface area contributed by atoms with Crippen LogP contribution in [0.1, 0.15) is 44.8 Å². The zero-order valence-electron chi connectivity index (χ0n) is 14.3. The molecule has 0 amide bonds. The van der Waals surface area contributed by atoms with Gasteiger partial charge in [0.25, 0.3) is 0 Å². The van der Waals surface area contributed by atoms with Crippen molar-refractivity contribution in [2.24, 2.45) is 0 Å². The molecule has 0 fully saturated rings. The summed E-state index contributed by atoms with van der Waals surface area (Å²) in [6.45, 7) is 7.14. The highest BCUT2D eigenvalue weighted by atomic mass is 32.1. The topological polar surface area (TPSA) is 51.2 Å². The van der Waals surface area contributed by atoms with E-state index in [9.17, 15) is 9.18 Å². The lowest BCUT2D eigenvalue weighted by Crippen LogP contribution is -2.16. The van der Waals surface area contributed by atoms with Crippen LogP contribution in [-0.4, -0.2) is 24.1 Å². The molecule has 0 aliphatic rings. The molecular weight excluding hydrogens is 327 g/mol. The number of esters is 1. The van der Waals surface area contributed by atoms with Gasteiger partial charge in [-0.2, -0.15) is 0 Å². The smallest absolute Gasteiger partial charge is 0.358 e. The maximum absolute atomic E-state index is 13.9. The van der Waals surface area contributed by atoms with Gasteiger partial charge in [-0.3, -0.25) is 0 Å². The van der Waals surface area contributed by atoms with Gasteiger partial charge in [0.1, 0.15) is 10.8 Å². The predicted octanol–water partition coefficient (Wildman–Crippen LogP) is 3.80. The number of aromatic nitrogens is 1. The van der Waals surface area contributed by atoms with Crippen LogP contribution in [0.4, 0.5) is 4.39 Å². The summed E-state index contributed by atoms with van der Waals surface area (Å²) >= 11 is 1.49. The fraction of sp³-hybridized carbons (Fsp3) is 0.444. The molecule has 0 bridgehead atoms. The van der Waals surface area contributed by atoms with E-state index in [1.54, 1.807) is 19.9 Å². The first-order valence-corrected chi connectivity index (χ1v) is 8.92. The standard InChI is InChI=1S/C18H23FN2O2S/c1-4-23-18(22)17-13(3)24-15(21-17)11-20-10-6-9-14-8-5-7-12(2)16(14)19/h5,7-8,20H,4,6,9-11H2,1-3H3. The van der Waals surface area contributed by atoms with Gasteiger partial charge >= 0.3 is 5.97 Å². The van der Waals surface area contributed by atoms with Crippen molar-refractivity contribution in [3.63, 3.8) is 0 Å². The zero-order chi connectivity index (χ0) is 17.5. The number of nitrogens with one attached hydrogen (secondary N) is 1. The van der Waals surface area contributed by atoms with Gasteiger partial charge in [-0.1, -0.05) is 18.2 Å². The molecule has 2 rings (SSSR count). The average Bonchev–Trinajstić information content (AvgIpc) is 2.92. The van der Waals surface area contributed by atoms with Crippen molar-refractivity contribution in [3.8, 4) is 0 Å². The van der Waals surface area contributed by atoms with Crippen molar-refractivity contribution >= 4 is 17.3 Å². The molecule has 1 heterocycles. The van der Waals surface area contributed by atoms with Crippen LogP contribution in [-0.2, 0) is 17.7 Å². The molecule has 2 aromatic rings. The third-order valence-electron chi connectivity index (χ3n) is 3.66. The number of aryl methyl sites for hydroxylation is 3. The SMILES string of the molecule is CCOC(=O)c1nc(CNCCCc2cccc(C)c2F)sc1C. The van der Waals surface area contributed by atoms with E-state index in [0.29, 0.717) is 30.8 Å². The number of halogens is 1. The van der Waals surface area contributed by atoms with E-state index in [1.807, 2.05) is 19.1 Å². The van der Waals surface area contributed by atoms with E-state index < -0.39 is 0 Å². The first-order valence-electron chi connectivity index (χ1n) is 8.11. The lowest BCUT2D eigenvalue weighted by atomic mass is 10.1. The van der Waals surface area contributed by atoms with Crippen molar-refractivity contribution in [3.05, 3.63) is 50.7 Å². The van der Waals surface area contributed by atoms with Gasteiger partial charge in [-0.15, -0.1) is 11.3 Å². The minimum absolute atomic E-state index is 0.105. The maximum Gasteiger partial charge on any atom is 0.358 e. The Hall–Kier alpha value is -1.79. The Morgan fingerprint density at radius 2 is 2.17 bits per heavy atom. The van der Waals surface area contributed by atoms with Crippen LogP contribution in [0.25, 0.3) is 0 Å². The summed E-state index contributed by atoms with van der Waals surface area (Å²) in [5.41, 5.74) is 1.84. The van der Waals surface area contributed by atoms with Crippen molar-refractivity contribution in [1.82, 2.24) is 10.3 Å². The lowest BCUT2D eigenvalue weighted by Gasteiger charge is -2.06. The first-order chi connectivity index (χ1) is 11.5. The molecule has 0 saturated heterocycles. The third kappa shape index (κ3) is 4.85. The molecule has 130 valence electrons. The largest absolute Gasteiger partial charge is 0.461 e. The van der Waals surface area contributed by atoms with E-state index in [4.69, 9.17) is 4.74 Å². The molecule has 0 aliphatic carbocycles. The van der Waals surface area contributed by atoms with Gasteiger partial charge in [0.2, 0.25) is 0 Å². The van der Waals surface area contributed by atoms with E-state index >= 15 is 0 Å². The van der Waals surface area contributed by atoms with Crippen LogP contribution in [0.3, 0.4) is 0 Å². The number of hydrogen-bond acceptors (Lipinski definition) is 5. The van der Waals surface area contributed by atoms with Crippen molar-refractivity contribution in [1.29, 1.82) is 0 Å². The molecule has 0 atom stereocenters. The first kappa shape index (κ1) is 18.5. The zero-order valence-corrected chi connectivity index (χ0v) is 15.1. The van der Waals surface area contributed by atoms with Crippen LogP contribution in [0, 0.1) is 19.7 Å². The highest BCUT2D eigenvalue weighted by molar-refractivity contribution is 7.11. The summed E-state index contributed by atoms with van der Waals surface area (Å²) in [4.78, 5) is 16.9. The molecule has 0 unspecified atom stereocenters. The number of benzene rings is 1. The van der Waals surface area contributed by atoms with Crippen LogP contribution in [0.5, 0.6) is 0 Å². The van der Waals surface area contributed by atoms with Gasteiger partial charge in [0, 0.05) is 11.4 Å². The van der Waals surface area contributed by atoms with Crippen molar-refractivity contribution in [2.45, 2.75) is 40.2 Å². The summed E-state index contributed by atoms with van der Waals surface area (Å²) < 4.78 is 18.9. The van der Waals surface area contributed by atoms with Gasteiger partial charge < -0.3 is 10.1 Å². The Balaban J connectivity index is 1.77. The minimum Gasteiger partial charge on any atom is -0.461 e. The quantitative estimate of drug-likeness (QED) is 0.581. The molecule has 6 heteroatoms. The van der Waals surface area contributed by atoms with Crippen molar-refractivity contribution < 1.29 is 13.9 Å². The molecule has 4 nitrogen and oxygen atoms in total. The fourth-order valence-electron chi connectivity index (χ4n) is 2.42. The number of nitrogens with zero attached hydrogens (tertiary/aromatic N) is 1. The summed E-state index contributed by atoms with van der Waals surface area (Å²) in [5, 5.41) is 4.15. The highest BCUT2D eigenvalue weighted by Gasteiger charge is 2.16. The average molecular weight is 350 g/mol. The Kier molecular flexibility index (Phi) is 6.87. The summed E-state index contributed by atoms with van der Waals surface area (Å²) in [5.74, 6) is -0.473. The molecule has 1 N–H and O–H groups in total. The third-order valence-corrected chi connectivity index (χ3v) is 4.63. The van der Waals surface area contributed by atoms with Crippen LogP contribution >= 0.6 is 11.3 Å². The van der Waals surface area contributed by atoms with Gasteiger partial charge in [-0.05, 0) is 51.3 Å². The van der Waals surface area contributed by atoms with E-state index in [0.717, 1.165) is 28.4 Å². The summed E-state index contributed by atoms with van der Waals surface area (Å²) in [7, 11) is 0. The van der Waals surface area contributed by atoms with Crippen molar-refractivity contribution in [2.75, 3.05) is 13.2 Å². The molecule has 0 radical (unpaired) electrons. The lowest BCUT2D eigenvalue weighted by molar-refractivity contribution is 0.0519. The molecule has 24 heavy (non-hydrogen) atoms. The molecule has 1 aromatic carbocycles. The number of rotatable bonds is 8. The van der Waals surface area contributed by atoms with Crippen LogP contribution in [0.2, 0.25) is 0 Å². The van der Waals surface area contributed by atoms with Crippen LogP contribution in [0.15, 0.2) is 18.2 Å². The van der Waals surface area contributed by atoms with E-state index in [-0.39, 0.29) is 11.8 Å². The van der Waals surface area contributed by atoms with Gasteiger partial charge in [0.15, 0.2) is 5.69 Å². The highest BCUT2D eigenvalue weighted by Crippen LogP contribution is 2.18. The molecule has 0 aliphatic heterocycles. The molecule has 0 saturated carbocycles. The Morgan fingerprint density at radius 1 is 1.38 bits per heavy atom. The monoisotopic (exact) mass is 350 g/mol. The van der Waals surface area contributed by atoms with E-state index in [2.05, 4.69) is 10.3 Å². The maximum atomic E-state index is 13.9. The second kappa shape index (κ2) is 8.89. The summed E-state index contributed by atoms with van der Waals surface area (Å²) in [6.07, 6.45) is 1.54. The Labute approximate surface area is 146 Å². The van der Waals surface area contributed by atoms with Gasteiger partial charge in [-0.25, -0.2) is 14.2 Å². The Bertz CT molecular complexity index is 700. The van der Waals surface area contributed by atoms with E-state index in [1.165, 1.54) is 11.3 Å². The normalized spacial score (nSPS) is 10.8. The second-order valence-corrected chi connectivity index (χ2v) is 6.85. The van der Waals surface area contributed by atoms with Gasteiger partial charge in [0.05, 0.1) is 6.61 Å². The molecule has 0 spiro atoms. The number of ether oxygens (including phenoxy) is 1. The second-order valence-electron chi connectivity index (χ2n) is 5.56. The molecular formula is C18H23FN2O2S. The minimum atomic E-state index is -0.368. The predicted molar refractivity (Wildman–Crippen MR) is 94.0 cm³/mol. The van der Waals surface area contributed by atoms with Crippen LogP contribution < -0.4 is 5.32 Å². The fourth-order valence-corrected chi connectivity index (χ4v) is 3.31. The molecule has 1 aromatic heterocycles. The summed E-state index contributed by atoms with van der Waals surface area (Å²) in [6, 6.07) is 5.50.